The number of hydrogen-bond donors (Lipinski definition) is 0. The van der Waals surface area contributed by atoms with Crippen molar-refractivity contribution in [2.24, 2.45) is 0 Å². The van der Waals surface area contributed by atoms with Crippen LogP contribution in [0.5, 0.6) is 0 Å². The Bertz CT molecular complexity index is 696. The van der Waals surface area contributed by atoms with E-state index in [1.165, 1.54) is 12.1 Å². The summed E-state index contributed by atoms with van der Waals surface area (Å²) in [6, 6.07) is 4.38. The summed E-state index contributed by atoms with van der Waals surface area (Å²) in [4.78, 5) is 14.3. The van der Waals surface area contributed by atoms with Gasteiger partial charge in [-0.1, -0.05) is 0 Å². The van der Waals surface area contributed by atoms with Crippen LogP contribution in [0.3, 0.4) is 0 Å². The largest absolute Gasteiger partial charge is 0.366 e. The van der Waals surface area contributed by atoms with Crippen LogP contribution in [0, 0.1) is 12.7 Å². The summed E-state index contributed by atoms with van der Waals surface area (Å²) in [6.07, 6.45) is 1.33. The van der Waals surface area contributed by atoms with Gasteiger partial charge in [-0.05, 0) is 37.6 Å². The van der Waals surface area contributed by atoms with Crippen molar-refractivity contribution in [1.29, 1.82) is 0 Å². The third kappa shape index (κ3) is 3.24. The first-order valence-corrected chi connectivity index (χ1v) is 7.64. The molecule has 0 unspecified atom stereocenters. The van der Waals surface area contributed by atoms with Gasteiger partial charge in [-0.2, -0.15) is 0 Å². The van der Waals surface area contributed by atoms with E-state index >= 15 is 0 Å². The minimum atomic E-state index is -0.399. The standard InChI is InChI=1S/C16H19FN4O2/c1-3-20-10-18-19-15(20)14-9-21(4-5-23-14)16(22)12-6-11(2)7-13(17)8-12/h6-8,10,14H,3-5,9H2,1-2H3/t14-/m1/s1. The van der Waals surface area contributed by atoms with Gasteiger partial charge in [0.25, 0.3) is 5.91 Å². The summed E-state index contributed by atoms with van der Waals surface area (Å²) >= 11 is 0. The zero-order valence-electron chi connectivity index (χ0n) is 13.2. The Morgan fingerprint density at radius 2 is 2.26 bits per heavy atom. The maximum absolute atomic E-state index is 13.5. The molecule has 1 aromatic carbocycles. The van der Waals surface area contributed by atoms with E-state index in [4.69, 9.17) is 4.74 Å². The maximum atomic E-state index is 13.5. The fourth-order valence-electron chi connectivity index (χ4n) is 2.79. The third-order valence-corrected chi connectivity index (χ3v) is 3.92. The fourth-order valence-corrected chi connectivity index (χ4v) is 2.79. The number of ether oxygens (including phenoxy) is 1. The lowest BCUT2D eigenvalue weighted by molar-refractivity contribution is -0.0284. The molecule has 2 heterocycles. The minimum absolute atomic E-state index is 0.191. The number of benzene rings is 1. The Labute approximate surface area is 133 Å². The molecule has 0 aliphatic carbocycles. The van der Waals surface area contributed by atoms with Crippen LogP contribution < -0.4 is 0 Å². The molecule has 0 saturated carbocycles. The molecule has 0 spiro atoms. The number of morpholine rings is 1. The number of nitrogens with zero attached hydrogens (tertiary/aromatic N) is 4. The van der Waals surface area contributed by atoms with E-state index in [9.17, 15) is 9.18 Å². The highest BCUT2D eigenvalue weighted by atomic mass is 19.1. The molecule has 1 saturated heterocycles. The predicted molar refractivity (Wildman–Crippen MR) is 81.4 cm³/mol. The van der Waals surface area contributed by atoms with E-state index in [1.54, 1.807) is 24.2 Å². The number of carbonyl (C=O) groups excluding carboxylic acids is 1. The van der Waals surface area contributed by atoms with Crippen molar-refractivity contribution in [3.05, 3.63) is 47.3 Å². The lowest BCUT2D eigenvalue weighted by atomic mass is 10.1. The summed E-state index contributed by atoms with van der Waals surface area (Å²) in [5.41, 5.74) is 1.09. The summed E-state index contributed by atoms with van der Waals surface area (Å²) in [6.45, 7) is 5.78. The zero-order chi connectivity index (χ0) is 16.4. The van der Waals surface area contributed by atoms with Gasteiger partial charge in [-0.25, -0.2) is 4.39 Å². The maximum Gasteiger partial charge on any atom is 0.254 e. The van der Waals surface area contributed by atoms with Crippen molar-refractivity contribution < 1.29 is 13.9 Å². The van der Waals surface area contributed by atoms with Gasteiger partial charge in [0.05, 0.1) is 13.2 Å². The van der Waals surface area contributed by atoms with Crippen LogP contribution in [0.2, 0.25) is 0 Å². The summed E-state index contributed by atoms with van der Waals surface area (Å²) in [5, 5.41) is 7.99. The Morgan fingerprint density at radius 3 is 3.00 bits per heavy atom. The highest BCUT2D eigenvalue weighted by Crippen LogP contribution is 2.22. The van der Waals surface area contributed by atoms with Crippen LogP contribution in [0.4, 0.5) is 4.39 Å². The molecule has 1 atom stereocenters. The number of aryl methyl sites for hydroxylation is 2. The van der Waals surface area contributed by atoms with Gasteiger partial charge < -0.3 is 14.2 Å². The minimum Gasteiger partial charge on any atom is -0.366 e. The molecule has 122 valence electrons. The number of carbonyl (C=O) groups is 1. The van der Waals surface area contributed by atoms with Gasteiger partial charge in [0, 0.05) is 18.7 Å². The molecule has 2 aromatic rings. The topological polar surface area (TPSA) is 60.2 Å². The van der Waals surface area contributed by atoms with Crippen molar-refractivity contribution >= 4 is 5.91 Å². The van der Waals surface area contributed by atoms with E-state index in [0.717, 1.165) is 12.1 Å². The molecule has 0 radical (unpaired) electrons. The molecule has 1 aliphatic rings. The van der Waals surface area contributed by atoms with Crippen molar-refractivity contribution in [3.63, 3.8) is 0 Å². The molecule has 6 nitrogen and oxygen atoms in total. The van der Waals surface area contributed by atoms with Crippen LogP contribution >= 0.6 is 0 Å². The molecule has 3 rings (SSSR count). The van der Waals surface area contributed by atoms with E-state index in [0.29, 0.717) is 31.1 Å². The molecule has 23 heavy (non-hydrogen) atoms. The van der Waals surface area contributed by atoms with Crippen molar-refractivity contribution in [2.75, 3.05) is 19.7 Å². The van der Waals surface area contributed by atoms with Crippen molar-refractivity contribution in [1.82, 2.24) is 19.7 Å². The van der Waals surface area contributed by atoms with E-state index in [1.807, 2.05) is 11.5 Å². The van der Waals surface area contributed by atoms with Crippen molar-refractivity contribution in [3.8, 4) is 0 Å². The second-order valence-electron chi connectivity index (χ2n) is 5.60. The average Bonchev–Trinajstić information content (AvgIpc) is 3.02. The van der Waals surface area contributed by atoms with E-state index < -0.39 is 5.82 Å². The van der Waals surface area contributed by atoms with Crippen LogP contribution in [0.1, 0.15) is 34.8 Å². The van der Waals surface area contributed by atoms with Crippen molar-refractivity contribution in [2.45, 2.75) is 26.5 Å². The fraction of sp³-hybridized carbons (Fsp3) is 0.438. The van der Waals surface area contributed by atoms with Gasteiger partial charge in [0.15, 0.2) is 5.82 Å². The third-order valence-electron chi connectivity index (χ3n) is 3.92. The lowest BCUT2D eigenvalue weighted by Crippen LogP contribution is -2.43. The first kappa shape index (κ1) is 15.6. The number of rotatable bonds is 3. The zero-order valence-corrected chi connectivity index (χ0v) is 13.2. The molecule has 1 fully saturated rings. The molecule has 1 aliphatic heterocycles. The molecular weight excluding hydrogens is 299 g/mol. The van der Waals surface area contributed by atoms with E-state index in [2.05, 4.69) is 10.2 Å². The lowest BCUT2D eigenvalue weighted by Gasteiger charge is -2.32. The van der Waals surface area contributed by atoms with Gasteiger partial charge in [0.2, 0.25) is 0 Å². The second kappa shape index (κ2) is 6.45. The first-order valence-electron chi connectivity index (χ1n) is 7.64. The Balaban J connectivity index is 1.79. The van der Waals surface area contributed by atoms with Gasteiger partial charge >= 0.3 is 0 Å². The van der Waals surface area contributed by atoms with Crippen LogP contribution in [0.25, 0.3) is 0 Å². The molecule has 0 bridgehead atoms. The SMILES string of the molecule is CCn1cnnc1[C@H]1CN(C(=O)c2cc(C)cc(F)c2)CCO1. The molecular formula is C16H19FN4O2. The molecule has 1 amide bonds. The predicted octanol–water partition coefficient (Wildman–Crippen LogP) is 1.96. The second-order valence-corrected chi connectivity index (χ2v) is 5.60. The smallest absolute Gasteiger partial charge is 0.254 e. The quantitative estimate of drug-likeness (QED) is 0.868. The van der Waals surface area contributed by atoms with Crippen LogP contribution in [0.15, 0.2) is 24.5 Å². The van der Waals surface area contributed by atoms with Gasteiger partial charge in [0.1, 0.15) is 18.2 Å². The number of halogens is 1. The Kier molecular flexibility index (Phi) is 4.38. The number of amides is 1. The van der Waals surface area contributed by atoms with Gasteiger partial charge in [-0.3, -0.25) is 4.79 Å². The summed E-state index contributed by atoms with van der Waals surface area (Å²) < 4.78 is 21.2. The first-order chi connectivity index (χ1) is 11.1. The average molecular weight is 318 g/mol. The van der Waals surface area contributed by atoms with Crippen LogP contribution in [-0.2, 0) is 11.3 Å². The number of hydrogen-bond acceptors (Lipinski definition) is 4. The Hall–Kier alpha value is -2.28. The van der Waals surface area contributed by atoms with Crippen LogP contribution in [-0.4, -0.2) is 45.3 Å². The number of aromatic nitrogens is 3. The molecule has 0 N–H and O–H groups in total. The van der Waals surface area contributed by atoms with E-state index in [-0.39, 0.29) is 12.0 Å². The monoisotopic (exact) mass is 318 g/mol. The Morgan fingerprint density at radius 1 is 1.43 bits per heavy atom. The van der Waals surface area contributed by atoms with Gasteiger partial charge in [-0.15, -0.1) is 10.2 Å². The molecule has 1 aromatic heterocycles. The molecule has 7 heteroatoms. The summed E-state index contributed by atoms with van der Waals surface area (Å²) in [7, 11) is 0. The highest BCUT2D eigenvalue weighted by Gasteiger charge is 2.29. The summed E-state index contributed by atoms with van der Waals surface area (Å²) in [5.74, 6) is 0.118. The normalized spacial score (nSPS) is 18.2. The highest BCUT2D eigenvalue weighted by molar-refractivity contribution is 5.94.